The van der Waals surface area contributed by atoms with Gasteiger partial charge in [0, 0.05) is 97.6 Å². The van der Waals surface area contributed by atoms with Gasteiger partial charge in [0.2, 0.25) is 29.5 Å². The average Bonchev–Trinajstić information content (AvgIpc) is 3.01. The van der Waals surface area contributed by atoms with Crippen molar-refractivity contribution in [2.24, 2.45) is 0 Å². The summed E-state index contributed by atoms with van der Waals surface area (Å²) in [5.41, 5.74) is 0. The van der Waals surface area contributed by atoms with Crippen LogP contribution in [0.1, 0.15) is 86.0 Å². The lowest BCUT2D eigenvalue weighted by Crippen LogP contribution is -2.48. The van der Waals surface area contributed by atoms with Gasteiger partial charge in [-0.1, -0.05) is 41.0 Å². The Morgan fingerprint density at radius 1 is 0.512 bits per heavy atom. The minimum Gasteiger partial charge on any atom is -0.354 e. The fraction of sp³-hybridized carbons (Fsp3) is 0.833. The van der Waals surface area contributed by atoms with Crippen molar-refractivity contribution < 1.29 is 24.0 Å². The second kappa shape index (κ2) is 21.1. The first-order valence-corrected chi connectivity index (χ1v) is 15.8. The van der Waals surface area contributed by atoms with Crippen molar-refractivity contribution in [1.29, 1.82) is 0 Å². The van der Waals surface area contributed by atoms with Gasteiger partial charge in [0.25, 0.3) is 0 Å². The lowest BCUT2D eigenvalue weighted by Gasteiger charge is -2.33. The zero-order valence-electron chi connectivity index (χ0n) is 26.4. The van der Waals surface area contributed by atoms with E-state index in [1.807, 2.05) is 18.7 Å². The first-order valence-electron chi connectivity index (χ1n) is 15.8. The van der Waals surface area contributed by atoms with Crippen molar-refractivity contribution in [1.82, 2.24) is 29.8 Å². The zero-order valence-corrected chi connectivity index (χ0v) is 26.4. The maximum atomic E-state index is 12.8. The molecule has 11 nitrogen and oxygen atoms in total. The minimum atomic E-state index is -0.0666. The Hall–Kier alpha value is -2.69. The van der Waals surface area contributed by atoms with Gasteiger partial charge in [0.15, 0.2) is 0 Å². The molecule has 0 aromatic heterocycles. The van der Waals surface area contributed by atoms with E-state index >= 15 is 0 Å². The van der Waals surface area contributed by atoms with Gasteiger partial charge in [-0.25, -0.2) is 0 Å². The average molecular weight is 581 g/mol. The minimum absolute atomic E-state index is 0.0109. The topological polar surface area (TPSA) is 114 Å². The van der Waals surface area contributed by atoms with E-state index in [4.69, 9.17) is 0 Å². The molecule has 236 valence electrons. The number of likely N-dealkylation sites (tertiary alicyclic amines) is 1. The Labute approximate surface area is 247 Å². The maximum Gasteiger partial charge on any atom is 0.222 e. The Morgan fingerprint density at radius 3 is 1.24 bits per heavy atom. The van der Waals surface area contributed by atoms with Gasteiger partial charge in [0.05, 0.1) is 0 Å². The smallest absolute Gasteiger partial charge is 0.222 e. The molecule has 5 amide bonds. The molecule has 0 saturated carbocycles. The molecule has 1 saturated heterocycles. The predicted octanol–water partition coefficient (Wildman–Crippen LogP) is 1.95. The quantitative estimate of drug-likeness (QED) is 0.236. The first-order chi connectivity index (χ1) is 19.7. The van der Waals surface area contributed by atoms with E-state index in [0.29, 0.717) is 91.0 Å². The largest absolute Gasteiger partial charge is 0.354 e. The summed E-state index contributed by atoms with van der Waals surface area (Å²) in [4.78, 5) is 71.8. The molecule has 11 heteroatoms. The summed E-state index contributed by atoms with van der Waals surface area (Å²) in [7, 11) is 0. The summed E-state index contributed by atoms with van der Waals surface area (Å²) < 4.78 is 0. The van der Waals surface area contributed by atoms with Crippen LogP contribution in [-0.4, -0.2) is 133 Å². The summed E-state index contributed by atoms with van der Waals surface area (Å²) in [6.07, 6.45) is 5.49. The van der Waals surface area contributed by atoms with Crippen LogP contribution in [0.15, 0.2) is 0 Å². The van der Waals surface area contributed by atoms with Crippen LogP contribution in [0, 0.1) is 0 Å². The van der Waals surface area contributed by atoms with E-state index in [1.165, 1.54) is 19.3 Å². The summed E-state index contributed by atoms with van der Waals surface area (Å²) in [6, 6.07) is 0. The normalized spacial score (nSPS) is 13.4. The van der Waals surface area contributed by atoms with E-state index in [-0.39, 0.29) is 29.5 Å². The number of amides is 5. The number of carbonyl (C=O) groups excluding carboxylic acids is 5. The van der Waals surface area contributed by atoms with Crippen LogP contribution in [0.25, 0.3) is 0 Å². The number of nitrogens with one attached hydrogen (secondary N) is 1. The summed E-state index contributed by atoms with van der Waals surface area (Å²) in [5, 5.41) is 2.80. The monoisotopic (exact) mass is 580 g/mol. The molecule has 1 fully saturated rings. The molecule has 0 unspecified atom stereocenters. The Bertz CT molecular complexity index is 817. The van der Waals surface area contributed by atoms with Crippen LogP contribution in [0.2, 0.25) is 0 Å². The predicted molar refractivity (Wildman–Crippen MR) is 161 cm³/mol. The van der Waals surface area contributed by atoms with Crippen molar-refractivity contribution in [3.8, 4) is 0 Å². The number of hydrogen-bond donors (Lipinski definition) is 1. The molecular formula is C30H56N6O5. The van der Waals surface area contributed by atoms with Crippen LogP contribution in [0.4, 0.5) is 0 Å². The Morgan fingerprint density at radius 2 is 0.878 bits per heavy atom. The third-order valence-corrected chi connectivity index (χ3v) is 7.70. The van der Waals surface area contributed by atoms with Gasteiger partial charge >= 0.3 is 0 Å². The van der Waals surface area contributed by atoms with Crippen molar-refractivity contribution in [2.75, 3.05) is 78.5 Å². The maximum absolute atomic E-state index is 12.8. The van der Waals surface area contributed by atoms with Crippen LogP contribution >= 0.6 is 0 Å². The number of rotatable bonds is 20. The van der Waals surface area contributed by atoms with E-state index in [2.05, 4.69) is 10.2 Å². The van der Waals surface area contributed by atoms with Gasteiger partial charge in [0.1, 0.15) is 0 Å². The highest BCUT2D eigenvalue weighted by Crippen LogP contribution is 2.09. The fourth-order valence-electron chi connectivity index (χ4n) is 4.96. The summed E-state index contributed by atoms with van der Waals surface area (Å²) in [6.45, 7) is 15.8. The van der Waals surface area contributed by atoms with Crippen molar-refractivity contribution >= 4 is 29.5 Å². The molecule has 41 heavy (non-hydrogen) atoms. The number of hydrogen-bond acceptors (Lipinski definition) is 6. The highest BCUT2D eigenvalue weighted by molar-refractivity contribution is 5.78. The van der Waals surface area contributed by atoms with Crippen LogP contribution < -0.4 is 5.32 Å². The zero-order chi connectivity index (χ0) is 30.6. The highest BCUT2D eigenvalue weighted by Gasteiger charge is 2.21. The van der Waals surface area contributed by atoms with E-state index in [0.717, 1.165) is 19.6 Å². The first kappa shape index (κ1) is 36.3. The molecule has 0 atom stereocenters. The second-order valence-corrected chi connectivity index (χ2v) is 10.5. The molecule has 1 rings (SSSR count). The molecule has 0 aromatic carbocycles. The summed E-state index contributed by atoms with van der Waals surface area (Å²) >= 11 is 0. The lowest BCUT2D eigenvalue weighted by molar-refractivity contribution is -0.137. The summed E-state index contributed by atoms with van der Waals surface area (Å²) in [5.74, 6) is -0.0649. The van der Waals surface area contributed by atoms with Gasteiger partial charge in [-0.2, -0.15) is 0 Å². The SMILES string of the molecule is CCC(=O)NCCN(CCN(CCN(CCN(CCN1CCCCC1)C(=O)CC)C(=O)CC)C(=O)CC)C(=O)CC. The molecule has 1 N–H and O–H groups in total. The van der Waals surface area contributed by atoms with Crippen molar-refractivity contribution in [3.05, 3.63) is 0 Å². The molecular weight excluding hydrogens is 524 g/mol. The molecule has 1 heterocycles. The number of carbonyl (C=O) groups is 5. The van der Waals surface area contributed by atoms with E-state index in [9.17, 15) is 24.0 Å². The fourth-order valence-corrected chi connectivity index (χ4v) is 4.96. The molecule has 0 aromatic rings. The Kier molecular flexibility index (Phi) is 18.7. The molecule has 0 bridgehead atoms. The van der Waals surface area contributed by atoms with E-state index in [1.54, 1.807) is 35.5 Å². The second-order valence-electron chi connectivity index (χ2n) is 10.5. The van der Waals surface area contributed by atoms with Crippen LogP contribution in [-0.2, 0) is 24.0 Å². The standard InChI is InChI=1S/C30H56N6O5/c1-6-26(37)31-14-17-33(27(38)7-2)20-21-35(29(40)9-4)24-25-36(30(41)10-5)23-22-34(28(39)8-3)19-18-32-15-12-11-13-16-32/h6-25H2,1-5H3,(H,31,37). The lowest BCUT2D eigenvalue weighted by atomic mass is 10.1. The third-order valence-electron chi connectivity index (χ3n) is 7.70. The number of piperidine rings is 1. The molecule has 1 aliphatic rings. The Balaban J connectivity index is 2.79. The molecule has 0 aliphatic carbocycles. The molecule has 0 radical (unpaired) electrons. The van der Waals surface area contributed by atoms with Crippen LogP contribution in [0.5, 0.6) is 0 Å². The van der Waals surface area contributed by atoms with Gasteiger partial charge in [-0.05, 0) is 25.9 Å². The van der Waals surface area contributed by atoms with Crippen molar-refractivity contribution in [3.63, 3.8) is 0 Å². The van der Waals surface area contributed by atoms with Gasteiger partial charge < -0.3 is 29.8 Å². The van der Waals surface area contributed by atoms with E-state index < -0.39 is 0 Å². The highest BCUT2D eigenvalue weighted by atomic mass is 16.2. The van der Waals surface area contributed by atoms with Crippen molar-refractivity contribution in [2.45, 2.75) is 86.0 Å². The van der Waals surface area contributed by atoms with Gasteiger partial charge in [-0.3, -0.25) is 24.0 Å². The number of nitrogens with zero attached hydrogens (tertiary/aromatic N) is 5. The third kappa shape index (κ3) is 14.2. The molecule has 1 aliphatic heterocycles. The molecule has 0 spiro atoms. The van der Waals surface area contributed by atoms with Gasteiger partial charge in [-0.15, -0.1) is 0 Å². The van der Waals surface area contributed by atoms with Crippen LogP contribution in [0.3, 0.4) is 0 Å².